The average Bonchev–Trinajstić information content (AvgIpc) is 2.64. The zero-order valence-electron chi connectivity index (χ0n) is 11.4. The van der Waals surface area contributed by atoms with E-state index in [9.17, 15) is 4.79 Å². The van der Waals surface area contributed by atoms with Gasteiger partial charge in [0.15, 0.2) is 11.5 Å². The highest BCUT2D eigenvalue weighted by Crippen LogP contribution is 2.39. The summed E-state index contributed by atoms with van der Waals surface area (Å²) in [6, 6.07) is 3.00. The van der Waals surface area contributed by atoms with Gasteiger partial charge in [0.2, 0.25) is 0 Å². The molecule has 1 atom stereocenters. The highest BCUT2D eigenvalue weighted by Gasteiger charge is 2.19. The van der Waals surface area contributed by atoms with Crippen LogP contribution in [0.1, 0.15) is 31.4 Å². The molecular formula is C14H18ClNO4. The topological polar surface area (TPSA) is 70.8 Å². The molecule has 1 aromatic carbocycles. The minimum Gasteiger partial charge on any atom is -0.489 e. The van der Waals surface area contributed by atoms with Gasteiger partial charge in [-0.1, -0.05) is 11.6 Å². The third kappa shape index (κ3) is 3.55. The Balaban J connectivity index is 2.18. The molecule has 110 valence electrons. The van der Waals surface area contributed by atoms with Crippen LogP contribution in [0.25, 0.3) is 0 Å². The number of esters is 1. The fourth-order valence-electron chi connectivity index (χ4n) is 1.98. The SMILES string of the molecule is CCOC(=O)C[C@@H](N)c1cc(Cl)c2c(c1)OCCCO2. The van der Waals surface area contributed by atoms with Gasteiger partial charge >= 0.3 is 5.97 Å². The highest BCUT2D eigenvalue weighted by atomic mass is 35.5. The number of nitrogens with two attached hydrogens (primary N) is 1. The van der Waals surface area contributed by atoms with E-state index in [0.717, 1.165) is 12.0 Å². The molecule has 1 aromatic rings. The lowest BCUT2D eigenvalue weighted by Crippen LogP contribution is -2.17. The summed E-state index contributed by atoms with van der Waals surface area (Å²) in [6.45, 7) is 3.24. The molecule has 0 unspecified atom stereocenters. The molecule has 5 nitrogen and oxygen atoms in total. The van der Waals surface area contributed by atoms with Crippen LogP contribution in [0.5, 0.6) is 11.5 Å². The molecular weight excluding hydrogens is 282 g/mol. The van der Waals surface area contributed by atoms with E-state index in [4.69, 9.17) is 31.5 Å². The second-order valence-corrected chi connectivity index (χ2v) is 4.90. The third-order valence-electron chi connectivity index (χ3n) is 2.94. The molecule has 0 radical (unpaired) electrons. The van der Waals surface area contributed by atoms with E-state index in [1.54, 1.807) is 19.1 Å². The number of carbonyl (C=O) groups excluding carboxylic acids is 1. The summed E-state index contributed by atoms with van der Waals surface area (Å²) in [5.41, 5.74) is 6.74. The molecule has 0 saturated carbocycles. The van der Waals surface area contributed by atoms with E-state index in [0.29, 0.717) is 36.3 Å². The number of fused-ring (bicyclic) bond motifs is 1. The summed E-state index contributed by atoms with van der Waals surface area (Å²) >= 11 is 6.18. The number of halogens is 1. The Morgan fingerprint density at radius 3 is 2.95 bits per heavy atom. The summed E-state index contributed by atoms with van der Waals surface area (Å²) in [4.78, 5) is 11.5. The van der Waals surface area contributed by atoms with Gasteiger partial charge in [-0.25, -0.2) is 0 Å². The quantitative estimate of drug-likeness (QED) is 0.865. The van der Waals surface area contributed by atoms with E-state index in [1.165, 1.54) is 0 Å². The van der Waals surface area contributed by atoms with E-state index >= 15 is 0 Å². The lowest BCUT2D eigenvalue weighted by molar-refractivity contribution is -0.143. The Labute approximate surface area is 122 Å². The number of hydrogen-bond donors (Lipinski definition) is 1. The zero-order valence-corrected chi connectivity index (χ0v) is 12.1. The molecule has 0 spiro atoms. The van der Waals surface area contributed by atoms with Crippen molar-refractivity contribution >= 4 is 17.6 Å². The lowest BCUT2D eigenvalue weighted by atomic mass is 10.0. The summed E-state index contributed by atoms with van der Waals surface area (Å²) in [5, 5.41) is 0.443. The maximum absolute atomic E-state index is 11.5. The van der Waals surface area contributed by atoms with Crippen molar-refractivity contribution in [1.82, 2.24) is 0 Å². The predicted molar refractivity (Wildman–Crippen MR) is 75.2 cm³/mol. The van der Waals surface area contributed by atoms with Crippen LogP contribution in [-0.4, -0.2) is 25.8 Å². The molecule has 20 heavy (non-hydrogen) atoms. The first-order chi connectivity index (χ1) is 9.61. The molecule has 2 rings (SSSR count). The van der Waals surface area contributed by atoms with Crippen molar-refractivity contribution in [1.29, 1.82) is 0 Å². The van der Waals surface area contributed by atoms with Crippen LogP contribution in [0.15, 0.2) is 12.1 Å². The van der Waals surface area contributed by atoms with Crippen molar-refractivity contribution < 1.29 is 19.0 Å². The van der Waals surface area contributed by atoms with Crippen molar-refractivity contribution in [2.75, 3.05) is 19.8 Å². The van der Waals surface area contributed by atoms with Crippen molar-refractivity contribution in [2.24, 2.45) is 5.73 Å². The second-order valence-electron chi connectivity index (χ2n) is 4.50. The minimum absolute atomic E-state index is 0.101. The molecule has 0 bridgehead atoms. The van der Waals surface area contributed by atoms with Crippen LogP contribution >= 0.6 is 11.6 Å². The molecule has 6 heteroatoms. The van der Waals surface area contributed by atoms with E-state index in [2.05, 4.69) is 0 Å². The molecule has 0 aliphatic carbocycles. The lowest BCUT2D eigenvalue weighted by Gasteiger charge is -2.15. The van der Waals surface area contributed by atoms with Gasteiger partial charge in [-0.15, -0.1) is 0 Å². The first kappa shape index (κ1) is 14.9. The standard InChI is InChI=1S/C14H18ClNO4/c1-2-18-13(17)8-11(16)9-6-10(15)14-12(7-9)19-4-3-5-20-14/h6-7,11H,2-5,8,16H2,1H3/t11-/m1/s1. The van der Waals surface area contributed by atoms with Crippen LogP contribution in [0.2, 0.25) is 5.02 Å². The van der Waals surface area contributed by atoms with Gasteiger partial charge in [-0.3, -0.25) is 4.79 Å². The van der Waals surface area contributed by atoms with Gasteiger partial charge in [0.1, 0.15) is 0 Å². The Kier molecular flexibility index (Phi) is 5.09. The van der Waals surface area contributed by atoms with Gasteiger partial charge in [-0.2, -0.15) is 0 Å². The summed E-state index contributed by atoms with van der Waals surface area (Å²) in [6.07, 6.45) is 0.902. The molecule has 1 aliphatic heterocycles. The number of benzene rings is 1. The molecule has 0 saturated heterocycles. The van der Waals surface area contributed by atoms with Crippen LogP contribution in [0, 0.1) is 0 Å². The van der Waals surface area contributed by atoms with Gasteiger partial charge in [-0.05, 0) is 24.6 Å². The van der Waals surface area contributed by atoms with Gasteiger partial charge in [0.05, 0.1) is 31.3 Å². The predicted octanol–water partition coefficient (Wildman–Crippen LogP) is 2.45. The smallest absolute Gasteiger partial charge is 0.307 e. The zero-order chi connectivity index (χ0) is 14.5. The largest absolute Gasteiger partial charge is 0.489 e. The number of hydrogen-bond acceptors (Lipinski definition) is 5. The Morgan fingerprint density at radius 2 is 2.20 bits per heavy atom. The summed E-state index contributed by atoms with van der Waals surface area (Å²) < 4.78 is 16.0. The first-order valence-electron chi connectivity index (χ1n) is 6.62. The van der Waals surface area contributed by atoms with Crippen LogP contribution in [0.3, 0.4) is 0 Å². The number of ether oxygens (including phenoxy) is 3. The van der Waals surface area contributed by atoms with Crippen LogP contribution in [0.4, 0.5) is 0 Å². The van der Waals surface area contributed by atoms with Crippen molar-refractivity contribution in [3.05, 3.63) is 22.7 Å². The van der Waals surface area contributed by atoms with E-state index in [-0.39, 0.29) is 12.4 Å². The molecule has 0 aromatic heterocycles. The monoisotopic (exact) mass is 299 g/mol. The molecule has 0 fully saturated rings. The maximum Gasteiger partial charge on any atom is 0.307 e. The third-order valence-corrected chi connectivity index (χ3v) is 3.23. The molecule has 0 amide bonds. The average molecular weight is 300 g/mol. The molecule has 1 heterocycles. The second kappa shape index (κ2) is 6.81. The number of rotatable bonds is 4. The maximum atomic E-state index is 11.5. The molecule has 1 aliphatic rings. The van der Waals surface area contributed by atoms with Crippen molar-refractivity contribution in [3.8, 4) is 11.5 Å². The highest BCUT2D eigenvalue weighted by molar-refractivity contribution is 6.32. The first-order valence-corrected chi connectivity index (χ1v) is 7.00. The van der Waals surface area contributed by atoms with E-state index in [1.807, 2.05) is 0 Å². The summed E-state index contributed by atoms with van der Waals surface area (Å²) in [5.74, 6) is 0.781. The summed E-state index contributed by atoms with van der Waals surface area (Å²) in [7, 11) is 0. The molecule has 2 N–H and O–H groups in total. The fraction of sp³-hybridized carbons (Fsp3) is 0.500. The van der Waals surface area contributed by atoms with Crippen LogP contribution in [-0.2, 0) is 9.53 Å². The van der Waals surface area contributed by atoms with Crippen molar-refractivity contribution in [2.45, 2.75) is 25.8 Å². The van der Waals surface area contributed by atoms with Gasteiger partial charge in [0, 0.05) is 12.5 Å². The van der Waals surface area contributed by atoms with Crippen molar-refractivity contribution in [3.63, 3.8) is 0 Å². The minimum atomic E-state index is -0.483. The Bertz CT molecular complexity index is 492. The number of carbonyl (C=O) groups is 1. The van der Waals surface area contributed by atoms with Crippen LogP contribution < -0.4 is 15.2 Å². The van der Waals surface area contributed by atoms with E-state index < -0.39 is 6.04 Å². The van der Waals surface area contributed by atoms with Gasteiger partial charge in [0.25, 0.3) is 0 Å². The normalized spacial score (nSPS) is 15.3. The Hall–Kier alpha value is -1.46. The van der Waals surface area contributed by atoms with Gasteiger partial charge < -0.3 is 19.9 Å². The fourth-order valence-corrected chi connectivity index (χ4v) is 2.26. The Morgan fingerprint density at radius 1 is 1.45 bits per heavy atom.